The lowest BCUT2D eigenvalue weighted by Gasteiger charge is -2.57. The first-order valence-electron chi connectivity index (χ1n) is 13.1. The molecule has 31 heavy (non-hydrogen) atoms. The summed E-state index contributed by atoms with van der Waals surface area (Å²) in [5.74, 6) is 5.23. The molecule has 4 saturated carbocycles. The maximum atomic E-state index is 10.6. The van der Waals surface area contributed by atoms with Crippen molar-refractivity contribution in [2.75, 3.05) is 17.7 Å². The topological polar surface area (TPSA) is 44.3 Å². The van der Waals surface area contributed by atoms with Crippen LogP contribution < -0.4 is 10.6 Å². The van der Waals surface area contributed by atoms with Gasteiger partial charge in [-0.15, -0.1) is 0 Å². The van der Waals surface area contributed by atoms with Crippen molar-refractivity contribution < 1.29 is 5.11 Å². The summed E-state index contributed by atoms with van der Waals surface area (Å²) in [4.78, 5) is 0. The summed E-state index contributed by atoms with van der Waals surface area (Å²) in [6, 6.07) is 9.28. The Hall–Kier alpha value is -1.22. The summed E-state index contributed by atoms with van der Waals surface area (Å²) in [7, 11) is 1.98. The molecule has 4 fully saturated rings. The molecule has 1 aromatic rings. The Bertz CT molecular complexity index is 774. The van der Waals surface area contributed by atoms with E-state index in [1.807, 2.05) is 7.05 Å². The fourth-order valence-corrected chi connectivity index (χ4v) is 9.04. The zero-order valence-corrected chi connectivity index (χ0v) is 20.2. The van der Waals surface area contributed by atoms with Crippen LogP contribution in [0.3, 0.4) is 0 Å². The minimum Gasteiger partial charge on any atom is -0.390 e. The lowest BCUT2D eigenvalue weighted by molar-refractivity contribution is -0.100. The third-order valence-electron chi connectivity index (χ3n) is 10.5. The first-order valence-corrected chi connectivity index (χ1v) is 13.1. The first kappa shape index (κ1) is 21.6. The molecule has 9 atom stereocenters. The van der Waals surface area contributed by atoms with Gasteiger partial charge in [0.2, 0.25) is 0 Å². The monoisotopic (exact) mass is 424 g/mol. The van der Waals surface area contributed by atoms with Crippen LogP contribution in [0.5, 0.6) is 0 Å². The summed E-state index contributed by atoms with van der Waals surface area (Å²) in [5.41, 5.74) is 2.51. The Kier molecular flexibility index (Phi) is 5.56. The van der Waals surface area contributed by atoms with Crippen molar-refractivity contribution >= 4 is 11.4 Å². The Labute approximate surface area is 189 Å². The largest absolute Gasteiger partial charge is 0.390 e. The number of hydrogen-bond donors (Lipinski definition) is 3. The molecule has 0 unspecified atom stereocenters. The SMILES string of the molecule is CNc1ccc(N[C@H](C)[C@H]2CC[C@H]3[C@@H]4CC[C@@H]5C[C@](C)(O)CC[C@@H]5[C@H]4CC[C@]23C)cc1. The fraction of sp³-hybridized carbons (Fsp3) is 0.786. The minimum absolute atomic E-state index is 0.401. The molecule has 3 heteroatoms. The molecule has 0 aliphatic heterocycles. The summed E-state index contributed by atoms with van der Waals surface area (Å²) < 4.78 is 0. The smallest absolute Gasteiger partial charge is 0.0622 e. The molecule has 0 radical (unpaired) electrons. The summed E-state index contributed by atoms with van der Waals surface area (Å²) in [6.45, 7) is 7.15. The second-order valence-corrected chi connectivity index (χ2v) is 12.2. The molecule has 0 amide bonds. The number of benzene rings is 1. The molecule has 172 valence electrons. The van der Waals surface area contributed by atoms with Crippen LogP contribution in [-0.4, -0.2) is 23.8 Å². The summed E-state index contributed by atoms with van der Waals surface area (Å²) in [5, 5.41) is 17.7. The lowest BCUT2D eigenvalue weighted by atomic mass is 9.49. The van der Waals surface area contributed by atoms with Gasteiger partial charge in [-0.1, -0.05) is 6.92 Å². The quantitative estimate of drug-likeness (QED) is 0.513. The Balaban J connectivity index is 1.28. The normalized spacial score (nSPS) is 45.2. The van der Waals surface area contributed by atoms with Gasteiger partial charge in [-0.25, -0.2) is 0 Å². The van der Waals surface area contributed by atoms with Crippen LogP contribution in [0, 0.1) is 40.9 Å². The molecular formula is C28H44N2O. The molecular weight excluding hydrogens is 380 g/mol. The molecule has 5 rings (SSSR count). The number of fused-ring (bicyclic) bond motifs is 5. The maximum Gasteiger partial charge on any atom is 0.0622 e. The van der Waals surface area contributed by atoms with Crippen molar-refractivity contribution in [2.45, 2.75) is 90.2 Å². The molecule has 4 aliphatic carbocycles. The molecule has 4 aliphatic rings. The van der Waals surface area contributed by atoms with Gasteiger partial charge in [0.25, 0.3) is 0 Å². The maximum absolute atomic E-state index is 10.6. The van der Waals surface area contributed by atoms with Gasteiger partial charge in [-0.05, 0) is 137 Å². The van der Waals surface area contributed by atoms with Gasteiger partial charge in [-0.3, -0.25) is 0 Å². The Morgan fingerprint density at radius 2 is 1.58 bits per heavy atom. The van der Waals surface area contributed by atoms with E-state index in [-0.39, 0.29) is 0 Å². The van der Waals surface area contributed by atoms with E-state index in [0.717, 1.165) is 48.3 Å². The number of nitrogens with one attached hydrogen (secondary N) is 2. The average Bonchev–Trinajstić information content (AvgIpc) is 3.10. The van der Waals surface area contributed by atoms with Crippen LogP contribution in [0.25, 0.3) is 0 Å². The second kappa shape index (κ2) is 7.97. The highest BCUT2D eigenvalue weighted by molar-refractivity contribution is 5.53. The highest BCUT2D eigenvalue weighted by Gasteiger charge is 2.58. The number of rotatable bonds is 4. The minimum atomic E-state index is -0.401. The van der Waals surface area contributed by atoms with Crippen molar-refractivity contribution in [3.8, 4) is 0 Å². The van der Waals surface area contributed by atoms with Crippen LogP contribution in [0.2, 0.25) is 0 Å². The van der Waals surface area contributed by atoms with Gasteiger partial charge >= 0.3 is 0 Å². The third kappa shape index (κ3) is 3.79. The molecule has 1 aromatic carbocycles. The fourth-order valence-electron chi connectivity index (χ4n) is 9.04. The van der Waals surface area contributed by atoms with Crippen LogP contribution in [-0.2, 0) is 0 Å². The number of anilines is 2. The average molecular weight is 425 g/mol. The molecule has 0 aromatic heterocycles. The molecule has 3 N–H and O–H groups in total. The van der Waals surface area contributed by atoms with Crippen LogP contribution in [0.15, 0.2) is 24.3 Å². The number of aliphatic hydroxyl groups is 1. The van der Waals surface area contributed by atoms with Gasteiger partial charge in [0.1, 0.15) is 0 Å². The van der Waals surface area contributed by atoms with Crippen molar-refractivity contribution in [2.24, 2.45) is 40.9 Å². The van der Waals surface area contributed by atoms with Crippen LogP contribution in [0.1, 0.15) is 78.6 Å². The molecule has 0 bridgehead atoms. The predicted molar refractivity (Wildman–Crippen MR) is 130 cm³/mol. The van der Waals surface area contributed by atoms with Gasteiger partial charge in [0.05, 0.1) is 5.60 Å². The highest BCUT2D eigenvalue weighted by atomic mass is 16.3. The van der Waals surface area contributed by atoms with E-state index in [9.17, 15) is 5.11 Å². The van der Waals surface area contributed by atoms with E-state index in [1.54, 1.807) is 0 Å². The number of hydrogen-bond acceptors (Lipinski definition) is 3. The van der Waals surface area contributed by atoms with Crippen molar-refractivity contribution in [3.05, 3.63) is 24.3 Å². The van der Waals surface area contributed by atoms with Crippen LogP contribution >= 0.6 is 0 Å². The Morgan fingerprint density at radius 1 is 0.871 bits per heavy atom. The van der Waals surface area contributed by atoms with Gasteiger partial charge in [0.15, 0.2) is 0 Å². The van der Waals surface area contributed by atoms with Gasteiger partial charge in [0, 0.05) is 24.5 Å². The van der Waals surface area contributed by atoms with E-state index in [4.69, 9.17) is 0 Å². The molecule has 0 heterocycles. The second-order valence-electron chi connectivity index (χ2n) is 12.2. The molecule has 0 spiro atoms. The summed E-state index contributed by atoms with van der Waals surface area (Å²) >= 11 is 0. The van der Waals surface area contributed by atoms with Gasteiger partial charge < -0.3 is 15.7 Å². The van der Waals surface area contributed by atoms with E-state index in [2.05, 4.69) is 55.7 Å². The van der Waals surface area contributed by atoms with Gasteiger partial charge in [-0.2, -0.15) is 0 Å². The van der Waals surface area contributed by atoms with E-state index >= 15 is 0 Å². The first-order chi connectivity index (χ1) is 14.8. The van der Waals surface area contributed by atoms with E-state index in [0.29, 0.717) is 11.5 Å². The summed E-state index contributed by atoms with van der Waals surface area (Å²) in [6.07, 6.45) is 11.8. The van der Waals surface area contributed by atoms with Crippen molar-refractivity contribution in [3.63, 3.8) is 0 Å². The highest BCUT2D eigenvalue weighted by Crippen LogP contribution is 2.65. The van der Waals surface area contributed by atoms with Crippen molar-refractivity contribution in [1.82, 2.24) is 0 Å². The van der Waals surface area contributed by atoms with E-state index < -0.39 is 5.60 Å². The standard InChI is InChI=1S/C28H44N2O/c1-18(30-21-8-6-20(29-4)7-9-21)25-11-12-26-24-10-5-19-17-27(2,31)15-13-22(19)23(24)14-16-28(25,26)3/h6-9,18-19,22-26,29-31H,5,10-17H2,1-4H3/t18-,19-,22+,23-,24-,25-,26+,27-,28-/m1/s1. The molecule has 3 nitrogen and oxygen atoms in total. The zero-order chi connectivity index (χ0) is 21.8. The van der Waals surface area contributed by atoms with Crippen molar-refractivity contribution in [1.29, 1.82) is 0 Å². The van der Waals surface area contributed by atoms with E-state index in [1.165, 1.54) is 56.3 Å². The predicted octanol–water partition coefficient (Wildman–Crippen LogP) is 6.55. The Morgan fingerprint density at radius 3 is 2.32 bits per heavy atom. The molecule has 0 saturated heterocycles. The zero-order valence-electron chi connectivity index (χ0n) is 20.2. The lowest BCUT2D eigenvalue weighted by Crippen LogP contribution is -2.51. The third-order valence-corrected chi connectivity index (χ3v) is 10.5. The van der Waals surface area contributed by atoms with Crippen LogP contribution in [0.4, 0.5) is 11.4 Å².